The molecule has 0 bridgehead atoms. The molecule has 0 spiro atoms. The van der Waals surface area contributed by atoms with Crippen LogP contribution in [-0.4, -0.2) is 49.1 Å². The van der Waals surface area contributed by atoms with E-state index in [1.165, 1.54) is 0 Å². The highest BCUT2D eigenvalue weighted by Gasteiger charge is 2.35. The highest BCUT2D eigenvalue weighted by Crippen LogP contribution is 2.27. The van der Waals surface area contributed by atoms with Gasteiger partial charge in [-0.25, -0.2) is 14.6 Å². The SMILES string of the molecule is CCCCc1nc(CO)c(C(=O)ON2C(=O)CCC2=O)n1Cc1ccc(-c2ccccc2C(=O)OC(C)(C)C)cc1. The third kappa shape index (κ3) is 6.89. The van der Waals surface area contributed by atoms with Crippen LogP contribution in [0.25, 0.3) is 11.1 Å². The standard InChI is InChI=1S/C31H35N3O7/c1-5-6-11-25-32-24(19-35)28(30(39)41-34-26(36)16-17-27(34)37)33(25)18-20-12-14-21(15-13-20)22-9-7-8-10-23(22)29(38)40-31(2,3)4/h7-10,12-15,35H,5-6,11,16-19H2,1-4H3. The summed E-state index contributed by atoms with van der Waals surface area (Å²) in [4.78, 5) is 59.8. The zero-order chi connectivity index (χ0) is 29.7. The lowest BCUT2D eigenvalue weighted by Gasteiger charge is -2.20. The average molecular weight is 562 g/mol. The van der Waals surface area contributed by atoms with Crippen LogP contribution in [0.1, 0.15) is 91.3 Å². The molecule has 1 saturated heterocycles. The first-order valence-corrected chi connectivity index (χ1v) is 13.7. The van der Waals surface area contributed by atoms with Crippen LogP contribution >= 0.6 is 0 Å². The molecule has 1 fully saturated rings. The maximum Gasteiger partial charge on any atom is 0.382 e. The lowest BCUT2D eigenvalue weighted by Crippen LogP contribution is -2.33. The van der Waals surface area contributed by atoms with E-state index in [1.54, 1.807) is 16.7 Å². The summed E-state index contributed by atoms with van der Waals surface area (Å²) in [5.41, 5.74) is 2.30. The lowest BCUT2D eigenvalue weighted by molar-refractivity contribution is -0.172. The van der Waals surface area contributed by atoms with Crippen molar-refractivity contribution in [2.75, 3.05) is 0 Å². The number of aliphatic hydroxyl groups excluding tert-OH is 1. The maximum absolute atomic E-state index is 13.2. The molecule has 1 aromatic heterocycles. The van der Waals surface area contributed by atoms with Crippen LogP contribution in [0.15, 0.2) is 48.5 Å². The molecular weight excluding hydrogens is 526 g/mol. The molecule has 216 valence electrons. The van der Waals surface area contributed by atoms with Crippen molar-refractivity contribution in [3.8, 4) is 11.1 Å². The Morgan fingerprint density at radius 1 is 0.976 bits per heavy atom. The van der Waals surface area contributed by atoms with E-state index >= 15 is 0 Å². The van der Waals surface area contributed by atoms with Crippen LogP contribution in [0.4, 0.5) is 0 Å². The molecule has 4 rings (SSSR count). The van der Waals surface area contributed by atoms with Crippen molar-refractivity contribution in [3.05, 3.63) is 76.9 Å². The number of hydroxylamine groups is 2. The van der Waals surface area contributed by atoms with Crippen molar-refractivity contribution in [2.24, 2.45) is 0 Å². The fourth-order valence-electron chi connectivity index (χ4n) is 4.59. The Hall–Kier alpha value is -4.31. The predicted octanol–water partition coefficient (Wildman–Crippen LogP) is 4.61. The van der Waals surface area contributed by atoms with E-state index in [0.717, 1.165) is 29.5 Å². The number of nitrogens with zero attached hydrogens (tertiary/aromatic N) is 3. The molecule has 2 heterocycles. The van der Waals surface area contributed by atoms with Gasteiger partial charge in [-0.1, -0.05) is 55.8 Å². The maximum atomic E-state index is 13.2. The highest BCUT2D eigenvalue weighted by atomic mass is 16.7. The Labute approximate surface area is 238 Å². The minimum absolute atomic E-state index is 0.00884. The van der Waals surface area contributed by atoms with Gasteiger partial charge in [0.15, 0.2) is 5.69 Å². The number of amides is 2. The number of ether oxygens (including phenoxy) is 1. The number of rotatable bonds is 10. The van der Waals surface area contributed by atoms with Gasteiger partial charge in [0.2, 0.25) is 0 Å². The molecule has 1 aliphatic rings. The van der Waals surface area contributed by atoms with E-state index in [-0.39, 0.29) is 30.8 Å². The Morgan fingerprint density at radius 2 is 1.63 bits per heavy atom. The minimum atomic E-state index is -0.934. The van der Waals surface area contributed by atoms with Crippen LogP contribution < -0.4 is 0 Å². The predicted molar refractivity (Wildman–Crippen MR) is 149 cm³/mol. The second kappa shape index (κ2) is 12.5. The van der Waals surface area contributed by atoms with Crippen molar-refractivity contribution >= 4 is 23.8 Å². The fourth-order valence-corrected chi connectivity index (χ4v) is 4.59. The van der Waals surface area contributed by atoms with Gasteiger partial charge < -0.3 is 19.2 Å². The van der Waals surface area contributed by atoms with Crippen molar-refractivity contribution < 1.29 is 33.9 Å². The molecule has 2 amide bonds. The van der Waals surface area contributed by atoms with Crippen molar-refractivity contribution in [2.45, 2.75) is 78.6 Å². The van der Waals surface area contributed by atoms with Gasteiger partial charge in [0.1, 0.15) is 11.4 Å². The van der Waals surface area contributed by atoms with Gasteiger partial charge in [-0.2, -0.15) is 0 Å². The molecule has 1 N–H and O–H groups in total. The zero-order valence-electron chi connectivity index (χ0n) is 23.8. The largest absolute Gasteiger partial charge is 0.456 e. The van der Waals surface area contributed by atoms with Gasteiger partial charge in [0, 0.05) is 25.8 Å². The molecular formula is C31H35N3O7. The molecule has 2 aromatic carbocycles. The fraction of sp³-hybridized carbons (Fsp3) is 0.387. The molecule has 3 aromatic rings. The first-order chi connectivity index (χ1) is 19.5. The monoisotopic (exact) mass is 561 g/mol. The topological polar surface area (TPSA) is 128 Å². The first-order valence-electron chi connectivity index (χ1n) is 13.7. The lowest BCUT2D eigenvalue weighted by atomic mass is 9.98. The number of imidazole rings is 1. The van der Waals surface area contributed by atoms with Gasteiger partial charge in [0.05, 0.1) is 17.9 Å². The molecule has 0 aliphatic carbocycles. The van der Waals surface area contributed by atoms with Crippen LogP contribution in [0.2, 0.25) is 0 Å². The second-order valence-corrected chi connectivity index (χ2v) is 10.9. The normalized spacial score (nSPS) is 13.5. The minimum Gasteiger partial charge on any atom is -0.456 e. The summed E-state index contributed by atoms with van der Waals surface area (Å²) in [5, 5.41) is 10.5. The quantitative estimate of drug-likeness (QED) is 0.281. The van der Waals surface area contributed by atoms with Gasteiger partial charge in [-0.15, -0.1) is 5.06 Å². The van der Waals surface area contributed by atoms with E-state index in [2.05, 4.69) is 4.98 Å². The second-order valence-electron chi connectivity index (χ2n) is 10.9. The number of carbonyl (C=O) groups is 4. The smallest absolute Gasteiger partial charge is 0.382 e. The number of benzene rings is 2. The summed E-state index contributed by atoms with van der Waals surface area (Å²) in [6.07, 6.45) is 2.20. The average Bonchev–Trinajstić information content (AvgIpc) is 3.45. The van der Waals surface area contributed by atoms with Gasteiger partial charge in [-0.3, -0.25) is 9.59 Å². The number of hydrogen-bond donors (Lipinski definition) is 1. The number of unbranched alkanes of at least 4 members (excludes halogenated alkanes) is 1. The molecule has 10 heteroatoms. The van der Waals surface area contributed by atoms with Gasteiger partial charge in [0.25, 0.3) is 11.8 Å². The Balaban J connectivity index is 1.65. The number of esters is 1. The number of imide groups is 1. The van der Waals surface area contributed by atoms with E-state index in [4.69, 9.17) is 9.57 Å². The first kappa shape index (κ1) is 29.7. The molecule has 0 unspecified atom stereocenters. The number of aliphatic hydroxyl groups is 1. The third-order valence-electron chi connectivity index (χ3n) is 6.55. The van der Waals surface area contributed by atoms with Crippen LogP contribution in [-0.2, 0) is 38.7 Å². The van der Waals surface area contributed by atoms with Crippen LogP contribution in [0.5, 0.6) is 0 Å². The molecule has 0 saturated carbocycles. The summed E-state index contributed by atoms with van der Waals surface area (Å²) < 4.78 is 7.25. The molecule has 41 heavy (non-hydrogen) atoms. The van der Waals surface area contributed by atoms with Crippen LogP contribution in [0, 0.1) is 0 Å². The number of aromatic nitrogens is 2. The summed E-state index contributed by atoms with van der Waals surface area (Å²) in [6, 6.07) is 14.8. The van der Waals surface area contributed by atoms with Crippen molar-refractivity contribution in [1.29, 1.82) is 0 Å². The van der Waals surface area contributed by atoms with E-state index in [1.807, 2.05) is 64.1 Å². The Morgan fingerprint density at radius 3 is 2.24 bits per heavy atom. The van der Waals surface area contributed by atoms with E-state index in [9.17, 15) is 24.3 Å². The van der Waals surface area contributed by atoms with Gasteiger partial charge >= 0.3 is 11.9 Å². The zero-order valence-corrected chi connectivity index (χ0v) is 23.8. The third-order valence-corrected chi connectivity index (χ3v) is 6.55. The van der Waals surface area contributed by atoms with Crippen molar-refractivity contribution in [3.63, 3.8) is 0 Å². The number of carbonyl (C=O) groups excluding carboxylic acids is 4. The van der Waals surface area contributed by atoms with Gasteiger partial charge in [-0.05, 0) is 49.9 Å². The molecule has 0 radical (unpaired) electrons. The number of aryl methyl sites for hydroxylation is 1. The summed E-state index contributed by atoms with van der Waals surface area (Å²) in [7, 11) is 0. The number of hydrogen-bond acceptors (Lipinski definition) is 8. The summed E-state index contributed by atoms with van der Waals surface area (Å²) in [6.45, 7) is 7.21. The molecule has 10 nitrogen and oxygen atoms in total. The van der Waals surface area contributed by atoms with E-state index in [0.29, 0.717) is 22.9 Å². The van der Waals surface area contributed by atoms with Crippen molar-refractivity contribution in [1.82, 2.24) is 14.6 Å². The molecule has 1 aliphatic heterocycles. The molecule has 0 atom stereocenters. The Bertz CT molecular complexity index is 1440. The summed E-state index contributed by atoms with van der Waals surface area (Å²) in [5.74, 6) is -1.94. The highest BCUT2D eigenvalue weighted by molar-refractivity contribution is 6.02. The Kier molecular flexibility index (Phi) is 9.02. The summed E-state index contributed by atoms with van der Waals surface area (Å²) >= 11 is 0. The van der Waals surface area contributed by atoms with E-state index < -0.39 is 36.0 Å². The van der Waals surface area contributed by atoms with Crippen LogP contribution in [0.3, 0.4) is 0 Å².